The molecule has 0 saturated heterocycles. The lowest BCUT2D eigenvalue weighted by molar-refractivity contribution is 0.464. The van der Waals surface area contributed by atoms with Crippen molar-refractivity contribution in [3.05, 3.63) is 176 Å². The van der Waals surface area contributed by atoms with Gasteiger partial charge in [-0.1, -0.05) is 92.5 Å². The molecule has 2 aliphatic heterocycles. The summed E-state index contributed by atoms with van der Waals surface area (Å²) >= 11 is 7.10. The minimum atomic E-state index is -0.210. The van der Waals surface area contributed by atoms with E-state index in [0.717, 1.165) is 76.5 Å². The van der Waals surface area contributed by atoms with Gasteiger partial charge in [-0.25, -0.2) is 0 Å². The molecule has 0 fully saturated rings. The van der Waals surface area contributed by atoms with E-state index in [4.69, 9.17) is 9.98 Å². The molecule has 0 amide bonds. The predicted octanol–water partition coefficient (Wildman–Crippen LogP) is 11.6. The zero-order chi connectivity index (χ0) is 34.9. The van der Waals surface area contributed by atoms with Crippen molar-refractivity contribution in [3.63, 3.8) is 0 Å². The summed E-state index contributed by atoms with van der Waals surface area (Å²) < 4.78 is 2.02. The van der Waals surface area contributed by atoms with E-state index in [0.29, 0.717) is 19.3 Å². The maximum absolute atomic E-state index is 11.2. The van der Waals surface area contributed by atoms with Crippen molar-refractivity contribution in [1.29, 1.82) is 0 Å². The number of benzene rings is 6. The van der Waals surface area contributed by atoms with Crippen molar-refractivity contribution < 1.29 is 10.2 Å². The number of nitrogens with zero attached hydrogens (tertiary/aromatic N) is 2. The first-order valence-corrected chi connectivity index (χ1v) is 18.5. The smallest absolute Gasteiger partial charge is 0.120 e. The first kappa shape index (κ1) is 33.0. The van der Waals surface area contributed by atoms with Crippen LogP contribution in [0.1, 0.15) is 58.3 Å². The summed E-state index contributed by atoms with van der Waals surface area (Å²) in [6.07, 6.45) is 1.80. The number of halogens is 2. The maximum Gasteiger partial charge on any atom is 0.120 e. The van der Waals surface area contributed by atoms with E-state index in [1.54, 1.807) is 12.1 Å². The fourth-order valence-corrected chi connectivity index (χ4v) is 7.41. The number of hydrogen-bond donors (Lipinski definition) is 4. The second kappa shape index (κ2) is 14.2. The van der Waals surface area contributed by atoms with E-state index in [9.17, 15) is 10.2 Å². The topological polar surface area (TPSA) is 89.2 Å². The van der Waals surface area contributed by atoms with Crippen LogP contribution in [0.3, 0.4) is 0 Å². The Morgan fingerprint density at radius 3 is 1.37 bits per heavy atom. The molecule has 4 N–H and O–H groups in total. The number of para-hydroxylation sites is 4. The Bertz CT molecular complexity index is 2140. The quantitative estimate of drug-likeness (QED) is 0.135. The van der Waals surface area contributed by atoms with E-state index in [-0.39, 0.29) is 23.6 Å². The van der Waals surface area contributed by atoms with Gasteiger partial charge < -0.3 is 20.8 Å². The maximum atomic E-state index is 11.2. The summed E-state index contributed by atoms with van der Waals surface area (Å²) in [6.45, 7) is 0. The molecule has 6 aromatic rings. The van der Waals surface area contributed by atoms with Crippen LogP contribution in [0.15, 0.2) is 152 Å². The number of fused-ring (bicyclic) bond motifs is 2. The molecule has 252 valence electrons. The Hall–Kier alpha value is -5.18. The van der Waals surface area contributed by atoms with Crippen LogP contribution < -0.4 is 10.6 Å². The molecule has 0 saturated carbocycles. The van der Waals surface area contributed by atoms with Crippen molar-refractivity contribution in [2.24, 2.45) is 9.98 Å². The first-order valence-electron chi connectivity index (χ1n) is 16.9. The van der Waals surface area contributed by atoms with Gasteiger partial charge in [-0.2, -0.15) is 0 Å². The summed E-state index contributed by atoms with van der Waals surface area (Å²) in [4.78, 5) is 10.1. The molecule has 2 aliphatic rings. The van der Waals surface area contributed by atoms with E-state index in [1.165, 1.54) is 0 Å². The summed E-state index contributed by atoms with van der Waals surface area (Å²) in [7, 11) is 0. The standard InChI is InChI=1S/C43H34Br2N4O2/c44-30-15-11-28(12-16-30)38-24-40(48-36-7-3-1-5-34(36)46-38)32-22-26(9-19-42(32)50)21-27-10-20-43(51)33(23-27)41-25-39(29-13-17-31(45)18-14-29)47-35-6-2-4-8-37(35)49-41/h1-20,22-23,40-41,48-51H,21,24-25H2. The van der Waals surface area contributed by atoms with E-state index >= 15 is 0 Å². The summed E-state index contributed by atoms with van der Waals surface area (Å²) in [6, 6.07) is 43.7. The fraction of sp³-hybridized carbons (Fsp3) is 0.116. The Labute approximate surface area is 313 Å². The van der Waals surface area contributed by atoms with E-state index in [1.807, 2.05) is 84.9 Å². The third kappa shape index (κ3) is 7.20. The fourth-order valence-electron chi connectivity index (χ4n) is 6.88. The van der Waals surface area contributed by atoms with Gasteiger partial charge >= 0.3 is 0 Å². The lowest BCUT2D eigenvalue weighted by Crippen LogP contribution is -2.15. The number of phenolic OH excluding ortho intramolecular Hbond substituents is 2. The highest BCUT2D eigenvalue weighted by Crippen LogP contribution is 2.41. The summed E-state index contributed by atoms with van der Waals surface area (Å²) in [5.41, 5.74) is 11.3. The predicted molar refractivity (Wildman–Crippen MR) is 215 cm³/mol. The van der Waals surface area contributed by atoms with Gasteiger partial charge in [0.05, 0.1) is 46.3 Å². The number of hydrogen-bond acceptors (Lipinski definition) is 6. The highest BCUT2D eigenvalue weighted by Gasteiger charge is 2.26. The van der Waals surface area contributed by atoms with Crippen molar-refractivity contribution >= 4 is 66.0 Å². The van der Waals surface area contributed by atoms with Crippen LogP contribution in [0.4, 0.5) is 22.7 Å². The minimum absolute atomic E-state index is 0.210. The average Bonchev–Trinajstić information content (AvgIpc) is 3.46. The molecular weight excluding hydrogens is 764 g/mol. The molecule has 0 radical (unpaired) electrons. The van der Waals surface area contributed by atoms with Crippen molar-refractivity contribution in [1.82, 2.24) is 0 Å². The van der Waals surface area contributed by atoms with Crippen LogP contribution in [0.2, 0.25) is 0 Å². The molecular formula is C43H34Br2N4O2. The summed E-state index contributed by atoms with van der Waals surface area (Å²) in [5, 5.41) is 29.8. The Morgan fingerprint density at radius 1 is 0.529 bits per heavy atom. The molecule has 51 heavy (non-hydrogen) atoms. The van der Waals surface area contributed by atoms with Gasteiger partial charge in [-0.3, -0.25) is 9.98 Å². The van der Waals surface area contributed by atoms with Gasteiger partial charge in [-0.15, -0.1) is 0 Å². The zero-order valence-corrected chi connectivity index (χ0v) is 30.7. The van der Waals surface area contributed by atoms with Gasteiger partial charge in [0.1, 0.15) is 11.5 Å². The normalized spacial score (nSPS) is 16.7. The summed E-state index contributed by atoms with van der Waals surface area (Å²) in [5.74, 6) is 0.469. The molecule has 6 nitrogen and oxygen atoms in total. The Morgan fingerprint density at radius 2 is 0.941 bits per heavy atom. The third-order valence-electron chi connectivity index (χ3n) is 9.47. The second-order valence-corrected chi connectivity index (χ2v) is 14.8. The van der Waals surface area contributed by atoms with Gasteiger partial charge in [0.25, 0.3) is 0 Å². The van der Waals surface area contributed by atoms with Crippen molar-refractivity contribution in [2.75, 3.05) is 10.6 Å². The molecule has 8 heteroatoms. The van der Waals surface area contributed by atoms with Crippen LogP contribution in [0.5, 0.6) is 11.5 Å². The lowest BCUT2D eigenvalue weighted by Gasteiger charge is -2.22. The lowest BCUT2D eigenvalue weighted by atomic mass is 9.92. The van der Waals surface area contributed by atoms with Crippen LogP contribution in [0.25, 0.3) is 0 Å². The number of aliphatic imine (C=N–C) groups is 2. The first-order chi connectivity index (χ1) is 24.9. The SMILES string of the molecule is Oc1ccc(Cc2ccc(O)c(C3CC(c4ccc(Br)cc4)=Nc4ccccc4N3)c2)cc1C1CC(c2ccc(Br)cc2)=Nc2ccccc2N1. The van der Waals surface area contributed by atoms with Gasteiger partial charge in [-0.05, 0) is 101 Å². The van der Waals surface area contributed by atoms with E-state index < -0.39 is 0 Å². The number of anilines is 2. The van der Waals surface area contributed by atoms with E-state index in [2.05, 4.69) is 78.9 Å². The average molecular weight is 799 g/mol. The zero-order valence-electron chi connectivity index (χ0n) is 27.5. The molecule has 0 bridgehead atoms. The molecule has 0 aromatic heterocycles. The second-order valence-electron chi connectivity index (χ2n) is 12.9. The van der Waals surface area contributed by atoms with Crippen LogP contribution in [-0.2, 0) is 6.42 Å². The molecule has 2 unspecified atom stereocenters. The van der Waals surface area contributed by atoms with Crippen LogP contribution >= 0.6 is 31.9 Å². The van der Waals surface area contributed by atoms with Crippen molar-refractivity contribution in [2.45, 2.75) is 31.3 Å². The van der Waals surface area contributed by atoms with Gasteiger partial charge in [0.15, 0.2) is 0 Å². The number of rotatable bonds is 6. The highest BCUT2D eigenvalue weighted by molar-refractivity contribution is 9.10. The molecule has 8 rings (SSSR count). The Kier molecular flexibility index (Phi) is 9.19. The highest BCUT2D eigenvalue weighted by atomic mass is 79.9. The largest absolute Gasteiger partial charge is 0.508 e. The van der Waals surface area contributed by atoms with Gasteiger partial charge in [0.2, 0.25) is 0 Å². The number of nitrogens with one attached hydrogen (secondary N) is 2. The van der Waals surface area contributed by atoms with Crippen LogP contribution in [0, 0.1) is 0 Å². The monoisotopic (exact) mass is 796 g/mol. The number of aromatic hydroxyl groups is 2. The Balaban J connectivity index is 1.10. The molecule has 0 aliphatic carbocycles. The van der Waals surface area contributed by atoms with Gasteiger partial charge in [0, 0.05) is 32.9 Å². The van der Waals surface area contributed by atoms with Crippen LogP contribution in [-0.4, -0.2) is 21.6 Å². The molecule has 2 atom stereocenters. The van der Waals surface area contributed by atoms with Crippen molar-refractivity contribution in [3.8, 4) is 11.5 Å². The third-order valence-corrected chi connectivity index (χ3v) is 10.5. The minimum Gasteiger partial charge on any atom is -0.508 e. The molecule has 6 aromatic carbocycles. The number of phenols is 2. The molecule has 2 heterocycles. The molecule has 0 spiro atoms.